The van der Waals surface area contributed by atoms with E-state index < -0.39 is 0 Å². The first-order valence-electron chi connectivity index (χ1n) is 6.24. The minimum absolute atomic E-state index is 0.190. The Morgan fingerprint density at radius 3 is 2.50 bits per heavy atom. The lowest BCUT2D eigenvalue weighted by molar-refractivity contribution is -0.142. The Balaban J connectivity index is 3.84. The van der Waals surface area contributed by atoms with E-state index in [0.717, 1.165) is 6.54 Å². The van der Waals surface area contributed by atoms with Crippen LogP contribution in [0.3, 0.4) is 0 Å². The number of rotatable bonds is 8. The first-order valence-corrected chi connectivity index (χ1v) is 6.24. The van der Waals surface area contributed by atoms with Crippen LogP contribution in [0.2, 0.25) is 0 Å². The van der Waals surface area contributed by atoms with E-state index in [-0.39, 0.29) is 17.4 Å². The van der Waals surface area contributed by atoms with E-state index in [9.17, 15) is 4.79 Å². The third-order valence-corrected chi connectivity index (χ3v) is 2.90. The van der Waals surface area contributed by atoms with Crippen LogP contribution in [0.15, 0.2) is 0 Å². The van der Waals surface area contributed by atoms with Gasteiger partial charge in [-0.3, -0.25) is 4.79 Å². The second-order valence-corrected chi connectivity index (χ2v) is 5.25. The molecule has 0 aliphatic carbocycles. The Hall–Kier alpha value is -0.570. The Morgan fingerprint density at radius 2 is 2.00 bits per heavy atom. The summed E-state index contributed by atoms with van der Waals surface area (Å²) in [6.45, 7) is 9.38. The van der Waals surface area contributed by atoms with Crippen LogP contribution in [0.1, 0.15) is 53.4 Å². The van der Waals surface area contributed by atoms with Crippen molar-refractivity contribution in [2.45, 2.75) is 59.4 Å². The molecule has 0 radical (unpaired) electrons. The molecule has 0 spiro atoms. The number of esters is 1. The fraction of sp³-hybridized carbons (Fsp3) is 0.923. The summed E-state index contributed by atoms with van der Waals surface area (Å²) in [6.07, 6.45) is 5.00. The van der Waals surface area contributed by atoms with Crippen LogP contribution < -0.4 is 5.32 Å². The summed E-state index contributed by atoms with van der Waals surface area (Å²) in [4.78, 5) is 11.2. The molecule has 0 aromatic heterocycles. The molecule has 0 heterocycles. The summed E-state index contributed by atoms with van der Waals surface area (Å²) in [5.41, 5.74) is 0.247. The van der Waals surface area contributed by atoms with E-state index in [0.29, 0.717) is 0 Å². The van der Waals surface area contributed by atoms with Crippen LogP contribution in [-0.4, -0.2) is 25.7 Å². The predicted octanol–water partition coefficient (Wildman–Crippen LogP) is 2.74. The summed E-state index contributed by atoms with van der Waals surface area (Å²) in [5, 5.41) is 3.23. The number of nitrogens with one attached hydrogen (secondary N) is 1. The molecule has 0 aliphatic heterocycles. The van der Waals surface area contributed by atoms with Gasteiger partial charge in [-0.1, -0.05) is 40.0 Å². The minimum atomic E-state index is -0.213. The topological polar surface area (TPSA) is 38.3 Å². The smallest absolute Gasteiger partial charge is 0.322 e. The van der Waals surface area contributed by atoms with Crippen molar-refractivity contribution in [3.05, 3.63) is 0 Å². The van der Waals surface area contributed by atoms with Crippen LogP contribution in [0.5, 0.6) is 0 Å². The van der Waals surface area contributed by atoms with E-state index in [1.807, 2.05) is 6.92 Å². The molecule has 0 amide bonds. The average molecular weight is 229 g/mol. The maximum atomic E-state index is 11.2. The highest BCUT2D eigenvalue weighted by Gasteiger charge is 2.20. The summed E-state index contributed by atoms with van der Waals surface area (Å²) in [6, 6.07) is -0.213. The molecule has 0 saturated carbocycles. The molecule has 0 aromatic carbocycles. The van der Waals surface area contributed by atoms with Crippen LogP contribution in [-0.2, 0) is 9.53 Å². The molecule has 1 N–H and O–H groups in total. The zero-order valence-corrected chi connectivity index (χ0v) is 11.4. The normalized spacial score (nSPS) is 13.6. The molecule has 96 valence electrons. The van der Waals surface area contributed by atoms with Crippen LogP contribution in [0.25, 0.3) is 0 Å². The molecule has 0 fully saturated rings. The van der Waals surface area contributed by atoms with Gasteiger partial charge in [0.25, 0.3) is 0 Å². The highest BCUT2D eigenvalue weighted by atomic mass is 16.5. The van der Waals surface area contributed by atoms with Gasteiger partial charge >= 0.3 is 5.97 Å². The lowest BCUT2D eigenvalue weighted by Crippen LogP contribution is -2.40. The molecule has 1 unspecified atom stereocenters. The van der Waals surface area contributed by atoms with Gasteiger partial charge in [0.15, 0.2) is 0 Å². The van der Waals surface area contributed by atoms with Gasteiger partial charge in [0, 0.05) is 6.54 Å². The molecule has 16 heavy (non-hydrogen) atoms. The number of hydrogen-bond donors (Lipinski definition) is 1. The first kappa shape index (κ1) is 15.4. The monoisotopic (exact) mass is 229 g/mol. The Labute approximate surface area is 99.9 Å². The van der Waals surface area contributed by atoms with Crippen molar-refractivity contribution in [3.63, 3.8) is 0 Å². The van der Waals surface area contributed by atoms with Gasteiger partial charge in [-0.15, -0.1) is 0 Å². The second-order valence-electron chi connectivity index (χ2n) is 5.25. The van der Waals surface area contributed by atoms with E-state index >= 15 is 0 Å². The van der Waals surface area contributed by atoms with Crippen LogP contribution >= 0.6 is 0 Å². The van der Waals surface area contributed by atoms with Gasteiger partial charge in [0.2, 0.25) is 0 Å². The average Bonchev–Trinajstić information content (AvgIpc) is 2.25. The number of carbonyl (C=O) groups is 1. The first-order chi connectivity index (χ1) is 7.43. The fourth-order valence-electron chi connectivity index (χ4n) is 1.63. The van der Waals surface area contributed by atoms with Crippen molar-refractivity contribution in [2.24, 2.45) is 5.41 Å². The van der Waals surface area contributed by atoms with E-state index in [1.54, 1.807) is 0 Å². The van der Waals surface area contributed by atoms with Gasteiger partial charge < -0.3 is 10.1 Å². The molecular weight excluding hydrogens is 202 g/mol. The molecule has 1 atom stereocenters. The Bertz CT molecular complexity index is 202. The zero-order chi connectivity index (χ0) is 12.6. The maximum Gasteiger partial charge on any atom is 0.322 e. The Kier molecular flexibility index (Phi) is 7.39. The van der Waals surface area contributed by atoms with Crippen molar-refractivity contribution in [1.29, 1.82) is 0 Å². The zero-order valence-electron chi connectivity index (χ0n) is 11.4. The van der Waals surface area contributed by atoms with Crippen molar-refractivity contribution >= 4 is 5.97 Å². The maximum absolute atomic E-state index is 11.2. The molecule has 0 rings (SSSR count). The number of carbonyl (C=O) groups excluding carboxylic acids is 1. The third-order valence-electron chi connectivity index (χ3n) is 2.90. The van der Waals surface area contributed by atoms with Crippen LogP contribution in [0.4, 0.5) is 0 Å². The van der Waals surface area contributed by atoms with Crippen LogP contribution in [0, 0.1) is 5.41 Å². The highest BCUT2D eigenvalue weighted by Crippen LogP contribution is 2.22. The molecular formula is C13H27NO2. The quantitative estimate of drug-likeness (QED) is 0.514. The fourth-order valence-corrected chi connectivity index (χ4v) is 1.63. The lowest BCUT2D eigenvalue weighted by atomic mass is 9.86. The van der Waals surface area contributed by atoms with Gasteiger partial charge in [-0.25, -0.2) is 0 Å². The number of methoxy groups -OCH3 is 1. The summed E-state index contributed by atoms with van der Waals surface area (Å²) >= 11 is 0. The molecule has 0 bridgehead atoms. The van der Waals surface area contributed by atoms with Crippen molar-refractivity contribution in [2.75, 3.05) is 13.7 Å². The summed E-state index contributed by atoms with van der Waals surface area (Å²) in [5.74, 6) is -0.190. The molecule has 3 heteroatoms. The summed E-state index contributed by atoms with van der Waals surface area (Å²) in [7, 11) is 1.42. The van der Waals surface area contributed by atoms with Crippen molar-refractivity contribution < 1.29 is 9.53 Å². The van der Waals surface area contributed by atoms with E-state index in [1.165, 1.54) is 32.8 Å². The van der Waals surface area contributed by atoms with Gasteiger partial charge in [-0.05, 0) is 18.8 Å². The van der Waals surface area contributed by atoms with Crippen molar-refractivity contribution in [1.82, 2.24) is 5.32 Å². The molecule has 0 saturated heterocycles. The van der Waals surface area contributed by atoms with Gasteiger partial charge in [0.05, 0.1) is 7.11 Å². The molecule has 0 aromatic rings. The number of ether oxygens (including phenoxy) is 1. The standard InChI is InChI=1S/C13H27NO2/c1-6-7-8-9-13(3,4)10-14-11(2)12(15)16-5/h11,14H,6-10H2,1-5H3. The van der Waals surface area contributed by atoms with Gasteiger partial charge in [-0.2, -0.15) is 0 Å². The number of hydrogen-bond acceptors (Lipinski definition) is 3. The van der Waals surface area contributed by atoms with E-state index in [2.05, 4.69) is 30.8 Å². The molecule has 3 nitrogen and oxygen atoms in total. The van der Waals surface area contributed by atoms with E-state index in [4.69, 9.17) is 0 Å². The predicted molar refractivity (Wildman–Crippen MR) is 67.4 cm³/mol. The third kappa shape index (κ3) is 6.83. The van der Waals surface area contributed by atoms with Gasteiger partial charge in [0.1, 0.15) is 6.04 Å². The minimum Gasteiger partial charge on any atom is -0.468 e. The number of unbranched alkanes of at least 4 members (excludes halogenated alkanes) is 2. The lowest BCUT2D eigenvalue weighted by Gasteiger charge is -2.26. The molecule has 0 aliphatic rings. The largest absolute Gasteiger partial charge is 0.468 e. The SMILES string of the molecule is CCCCCC(C)(C)CNC(C)C(=O)OC. The summed E-state index contributed by atoms with van der Waals surface area (Å²) < 4.78 is 4.67. The highest BCUT2D eigenvalue weighted by molar-refractivity contribution is 5.75. The second kappa shape index (κ2) is 7.66. The Morgan fingerprint density at radius 1 is 1.38 bits per heavy atom. The van der Waals surface area contributed by atoms with Crippen molar-refractivity contribution in [3.8, 4) is 0 Å².